The van der Waals surface area contributed by atoms with Crippen molar-refractivity contribution in [2.24, 2.45) is 0 Å². The number of hydrogen-bond donors (Lipinski definition) is 1. The number of carbonyl (C=O) groups is 1. The number of aromatic nitrogens is 2. The van der Waals surface area contributed by atoms with Gasteiger partial charge in [0.15, 0.2) is 5.69 Å². The summed E-state index contributed by atoms with van der Waals surface area (Å²) < 4.78 is 13.2. The summed E-state index contributed by atoms with van der Waals surface area (Å²) in [6.07, 6.45) is 0.683. The molecule has 1 amide bonds. The summed E-state index contributed by atoms with van der Waals surface area (Å²) in [4.78, 5) is 17.3. The molecule has 3 rings (SSSR count). The fraction of sp³-hybridized carbons (Fsp3) is 0.789. The molecule has 8 heteroatoms. The van der Waals surface area contributed by atoms with Crippen molar-refractivity contribution in [2.45, 2.75) is 45.9 Å². The van der Waals surface area contributed by atoms with Crippen LogP contribution in [0.4, 0.5) is 0 Å². The Morgan fingerprint density at radius 1 is 1.30 bits per heavy atom. The number of aryl methyl sites for hydroxylation is 1. The van der Waals surface area contributed by atoms with Gasteiger partial charge < -0.3 is 19.5 Å². The zero-order valence-corrected chi connectivity index (χ0v) is 16.7. The number of hydrogen-bond acceptors (Lipinski definition) is 6. The van der Waals surface area contributed by atoms with Crippen LogP contribution in [-0.2, 0) is 22.4 Å². The summed E-state index contributed by atoms with van der Waals surface area (Å²) >= 11 is 0. The van der Waals surface area contributed by atoms with Crippen molar-refractivity contribution in [3.8, 4) is 0 Å². The standard InChI is InChI=1S/C19H32N4O4/c1-4-23-18-15(3)27-14(2)13-16(18)17(20-23)19(25)22(7-10-24)6-5-21-8-11-26-12-9-21/h14-15,24H,4-13H2,1-3H3/t14-,15+/m1/s1. The van der Waals surface area contributed by atoms with Gasteiger partial charge in [-0.15, -0.1) is 0 Å². The van der Waals surface area contributed by atoms with E-state index >= 15 is 0 Å². The molecule has 152 valence electrons. The Morgan fingerprint density at radius 2 is 2.04 bits per heavy atom. The molecule has 1 saturated heterocycles. The minimum Gasteiger partial charge on any atom is -0.395 e. The van der Waals surface area contributed by atoms with Gasteiger partial charge in [0.05, 0.1) is 37.7 Å². The third kappa shape index (κ3) is 4.51. The highest BCUT2D eigenvalue weighted by Crippen LogP contribution is 2.32. The summed E-state index contributed by atoms with van der Waals surface area (Å²) in [5.74, 6) is -0.0953. The SMILES string of the molecule is CCn1nc(C(=O)N(CCO)CCN2CCOCC2)c2c1[C@H](C)O[C@H](C)C2. The third-order valence-electron chi connectivity index (χ3n) is 5.36. The number of nitrogens with zero attached hydrogens (tertiary/aromatic N) is 4. The molecule has 0 bridgehead atoms. The highest BCUT2D eigenvalue weighted by Gasteiger charge is 2.33. The molecule has 0 spiro atoms. The average Bonchev–Trinajstić information content (AvgIpc) is 3.04. The fourth-order valence-corrected chi connectivity index (χ4v) is 4.00. The zero-order valence-electron chi connectivity index (χ0n) is 16.7. The third-order valence-corrected chi connectivity index (χ3v) is 5.36. The van der Waals surface area contributed by atoms with Crippen molar-refractivity contribution < 1.29 is 19.4 Å². The van der Waals surface area contributed by atoms with Crippen molar-refractivity contribution in [2.75, 3.05) is 52.5 Å². The quantitative estimate of drug-likeness (QED) is 0.750. The van der Waals surface area contributed by atoms with Crippen molar-refractivity contribution in [3.05, 3.63) is 17.0 Å². The molecule has 27 heavy (non-hydrogen) atoms. The van der Waals surface area contributed by atoms with Gasteiger partial charge in [-0.25, -0.2) is 0 Å². The highest BCUT2D eigenvalue weighted by molar-refractivity contribution is 5.94. The lowest BCUT2D eigenvalue weighted by atomic mass is 9.99. The topological polar surface area (TPSA) is 80.1 Å². The van der Waals surface area contributed by atoms with E-state index in [4.69, 9.17) is 9.47 Å². The van der Waals surface area contributed by atoms with Crippen LogP contribution >= 0.6 is 0 Å². The molecule has 1 fully saturated rings. The first-order valence-corrected chi connectivity index (χ1v) is 10.00. The lowest BCUT2D eigenvalue weighted by Crippen LogP contribution is -2.44. The molecule has 2 aliphatic heterocycles. The number of aliphatic hydroxyl groups is 1. The van der Waals surface area contributed by atoms with E-state index in [0.717, 1.165) is 44.1 Å². The molecule has 0 saturated carbocycles. The van der Waals surface area contributed by atoms with Gasteiger partial charge >= 0.3 is 0 Å². The monoisotopic (exact) mass is 380 g/mol. The smallest absolute Gasteiger partial charge is 0.274 e. The summed E-state index contributed by atoms with van der Waals surface area (Å²) in [7, 11) is 0. The first-order chi connectivity index (χ1) is 13.0. The molecule has 0 radical (unpaired) electrons. The number of aliphatic hydroxyl groups excluding tert-OH is 1. The molecule has 2 atom stereocenters. The molecule has 8 nitrogen and oxygen atoms in total. The Bertz CT molecular complexity index is 642. The second-order valence-electron chi connectivity index (χ2n) is 7.29. The molecule has 2 aliphatic rings. The van der Waals surface area contributed by atoms with Gasteiger partial charge in [-0.3, -0.25) is 14.4 Å². The van der Waals surface area contributed by atoms with Gasteiger partial charge in [-0.2, -0.15) is 5.10 Å². The van der Waals surface area contributed by atoms with Crippen molar-refractivity contribution in [3.63, 3.8) is 0 Å². The van der Waals surface area contributed by atoms with Crippen LogP contribution in [0.3, 0.4) is 0 Å². The molecule has 0 unspecified atom stereocenters. The molecule has 1 N–H and O–H groups in total. The van der Waals surface area contributed by atoms with Crippen LogP contribution < -0.4 is 0 Å². The Hall–Kier alpha value is -1.48. The minimum atomic E-state index is -0.0953. The van der Waals surface area contributed by atoms with Gasteiger partial charge in [-0.05, 0) is 20.8 Å². The summed E-state index contributed by atoms with van der Waals surface area (Å²) in [5.41, 5.74) is 2.53. The zero-order chi connectivity index (χ0) is 19.4. The summed E-state index contributed by atoms with van der Waals surface area (Å²) in [6, 6.07) is 0. The van der Waals surface area contributed by atoms with Crippen LogP contribution in [0.2, 0.25) is 0 Å². The maximum atomic E-state index is 13.3. The lowest BCUT2D eigenvalue weighted by Gasteiger charge is -2.30. The number of amides is 1. The first kappa shape index (κ1) is 20.3. The predicted molar refractivity (Wildman–Crippen MR) is 101 cm³/mol. The number of carbonyl (C=O) groups excluding carboxylic acids is 1. The predicted octanol–water partition coefficient (Wildman–Crippen LogP) is 0.692. The van der Waals surface area contributed by atoms with Crippen molar-refractivity contribution in [1.29, 1.82) is 0 Å². The van der Waals surface area contributed by atoms with E-state index in [1.165, 1.54) is 0 Å². The van der Waals surface area contributed by atoms with E-state index in [1.54, 1.807) is 4.90 Å². The highest BCUT2D eigenvalue weighted by atomic mass is 16.5. The normalized spacial score (nSPS) is 23.3. The number of morpholine rings is 1. The van der Waals surface area contributed by atoms with Gasteiger partial charge in [0.1, 0.15) is 0 Å². The maximum Gasteiger partial charge on any atom is 0.274 e. The van der Waals surface area contributed by atoms with E-state index in [0.29, 0.717) is 31.7 Å². The Balaban J connectivity index is 1.79. The van der Waals surface area contributed by atoms with Crippen LogP contribution in [0.1, 0.15) is 48.6 Å². The molecule has 3 heterocycles. The van der Waals surface area contributed by atoms with Crippen molar-refractivity contribution >= 4 is 5.91 Å². The van der Waals surface area contributed by atoms with E-state index < -0.39 is 0 Å². The van der Waals surface area contributed by atoms with Crippen molar-refractivity contribution in [1.82, 2.24) is 19.6 Å². The summed E-state index contributed by atoms with van der Waals surface area (Å²) in [5, 5.41) is 14.1. The Kier molecular flexibility index (Phi) is 6.86. The molecular weight excluding hydrogens is 348 g/mol. The van der Waals surface area contributed by atoms with Gasteiger partial charge in [0, 0.05) is 51.3 Å². The first-order valence-electron chi connectivity index (χ1n) is 10.00. The fourth-order valence-electron chi connectivity index (χ4n) is 4.00. The van der Waals surface area contributed by atoms with Crippen LogP contribution in [0.5, 0.6) is 0 Å². The lowest BCUT2D eigenvalue weighted by molar-refractivity contribution is -0.00953. The molecule has 0 aliphatic carbocycles. The molecule has 1 aromatic rings. The van der Waals surface area contributed by atoms with Gasteiger partial charge in [0.2, 0.25) is 0 Å². The van der Waals surface area contributed by atoms with E-state index in [2.05, 4.69) is 10.00 Å². The summed E-state index contributed by atoms with van der Waals surface area (Å²) in [6.45, 7) is 11.6. The molecule has 1 aromatic heterocycles. The minimum absolute atomic E-state index is 0.0541. The number of ether oxygens (including phenoxy) is 2. The Morgan fingerprint density at radius 3 is 2.70 bits per heavy atom. The van der Waals surface area contributed by atoms with Crippen LogP contribution in [0.25, 0.3) is 0 Å². The number of rotatable bonds is 7. The van der Waals surface area contributed by atoms with E-state index in [1.807, 2.05) is 25.5 Å². The average molecular weight is 380 g/mol. The van der Waals surface area contributed by atoms with Crippen LogP contribution in [0.15, 0.2) is 0 Å². The maximum absolute atomic E-state index is 13.3. The van der Waals surface area contributed by atoms with E-state index in [-0.39, 0.29) is 24.7 Å². The molecular formula is C19H32N4O4. The van der Waals surface area contributed by atoms with Gasteiger partial charge in [0.25, 0.3) is 5.91 Å². The largest absolute Gasteiger partial charge is 0.395 e. The van der Waals surface area contributed by atoms with Crippen LogP contribution in [0, 0.1) is 0 Å². The second-order valence-corrected chi connectivity index (χ2v) is 7.29. The second kappa shape index (κ2) is 9.14. The Labute approximate surface area is 161 Å². The van der Waals surface area contributed by atoms with E-state index in [9.17, 15) is 9.90 Å². The molecule has 0 aromatic carbocycles. The van der Waals surface area contributed by atoms with Crippen LogP contribution in [-0.4, -0.2) is 89.2 Å². The number of fused-ring (bicyclic) bond motifs is 1. The van der Waals surface area contributed by atoms with Gasteiger partial charge in [-0.1, -0.05) is 0 Å².